The van der Waals surface area contributed by atoms with Crippen LogP contribution < -0.4 is 15.5 Å². The van der Waals surface area contributed by atoms with Gasteiger partial charge in [0.1, 0.15) is 0 Å². The molecule has 0 atom stereocenters. The summed E-state index contributed by atoms with van der Waals surface area (Å²) in [5.74, 6) is 0.148. The van der Waals surface area contributed by atoms with Crippen LogP contribution in [0.4, 0.5) is 21.9 Å². The lowest BCUT2D eigenvalue weighted by Gasteiger charge is -2.28. The molecule has 23 heavy (non-hydrogen) atoms. The van der Waals surface area contributed by atoms with Gasteiger partial charge in [-0.2, -0.15) is 5.10 Å². The number of hydrogen-bond acceptors (Lipinski definition) is 3. The van der Waals surface area contributed by atoms with Crippen LogP contribution in [0.1, 0.15) is 18.9 Å². The fraction of sp³-hybridized carbons (Fsp3) is 0.312. The second-order valence-corrected chi connectivity index (χ2v) is 5.46. The number of rotatable bonds is 3. The number of nitrogens with one attached hydrogen (secondary N) is 2. The quantitative estimate of drug-likeness (QED) is 0.913. The lowest BCUT2D eigenvalue weighted by atomic mass is 10.0. The molecule has 1 aliphatic heterocycles. The molecule has 0 spiro atoms. The highest BCUT2D eigenvalue weighted by Gasteiger charge is 2.22. The van der Waals surface area contributed by atoms with Crippen LogP contribution in [0.2, 0.25) is 0 Å². The number of carbonyl (C=O) groups excluding carboxylic acids is 2. The molecular weight excluding hydrogens is 294 g/mol. The summed E-state index contributed by atoms with van der Waals surface area (Å²) in [6, 6.07) is 5.29. The van der Waals surface area contributed by atoms with E-state index in [9.17, 15) is 9.59 Å². The number of anilines is 3. The van der Waals surface area contributed by atoms with Gasteiger partial charge in [0.15, 0.2) is 0 Å². The van der Waals surface area contributed by atoms with Crippen molar-refractivity contribution in [1.82, 2.24) is 9.78 Å². The summed E-state index contributed by atoms with van der Waals surface area (Å²) in [7, 11) is 1.79. The Hall–Kier alpha value is -2.83. The normalized spacial score (nSPS) is 13.7. The highest BCUT2D eigenvalue weighted by molar-refractivity contribution is 6.01. The number of benzene rings is 1. The van der Waals surface area contributed by atoms with E-state index in [1.54, 1.807) is 29.0 Å². The van der Waals surface area contributed by atoms with E-state index in [1.165, 1.54) is 0 Å². The highest BCUT2D eigenvalue weighted by atomic mass is 16.2. The highest BCUT2D eigenvalue weighted by Crippen LogP contribution is 2.30. The van der Waals surface area contributed by atoms with Crippen molar-refractivity contribution in [3.05, 3.63) is 36.2 Å². The van der Waals surface area contributed by atoms with Crippen LogP contribution in [0.15, 0.2) is 30.6 Å². The van der Waals surface area contributed by atoms with Gasteiger partial charge in [-0.1, -0.05) is 0 Å². The predicted octanol–water partition coefficient (Wildman–Crippen LogP) is 2.36. The van der Waals surface area contributed by atoms with E-state index >= 15 is 0 Å². The van der Waals surface area contributed by atoms with Gasteiger partial charge in [0.25, 0.3) is 0 Å². The molecule has 1 aliphatic rings. The molecule has 1 aromatic carbocycles. The van der Waals surface area contributed by atoms with Crippen molar-refractivity contribution in [1.29, 1.82) is 0 Å². The first-order chi connectivity index (χ1) is 11.1. The molecule has 0 aliphatic carbocycles. The summed E-state index contributed by atoms with van der Waals surface area (Å²) >= 11 is 0. The molecule has 7 nitrogen and oxygen atoms in total. The lowest BCUT2D eigenvalue weighted by Crippen LogP contribution is -2.34. The van der Waals surface area contributed by atoms with E-state index in [4.69, 9.17) is 0 Å². The zero-order valence-electron chi connectivity index (χ0n) is 13.2. The predicted molar refractivity (Wildman–Crippen MR) is 88.6 cm³/mol. The van der Waals surface area contributed by atoms with Crippen molar-refractivity contribution in [2.75, 3.05) is 22.1 Å². The fourth-order valence-corrected chi connectivity index (χ4v) is 2.76. The maximum atomic E-state index is 12.0. The molecule has 2 heterocycles. The SMILES string of the molecule is CCN1C(=O)CCc2cc(NC(=O)Nc3cnn(C)c3)ccc21. The van der Waals surface area contributed by atoms with Crippen LogP contribution in [-0.2, 0) is 18.3 Å². The summed E-state index contributed by atoms with van der Waals surface area (Å²) in [6.45, 7) is 2.61. The Labute approximate surface area is 134 Å². The molecule has 0 radical (unpaired) electrons. The first kappa shape index (κ1) is 15.1. The number of hydrogen-bond donors (Lipinski definition) is 2. The average molecular weight is 313 g/mol. The van der Waals surface area contributed by atoms with Gasteiger partial charge >= 0.3 is 6.03 Å². The lowest BCUT2D eigenvalue weighted by molar-refractivity contribution is -0.118. The summed E-state index contributed by atoms with van der Waals surface area (Å²) in [5, 5.41) is 9.52. The van der Waals surface area contributed by atoms with Crippen molar-refractivity contribution in [3.8, 4) is 0 Å². The minimum absolute atomic E-state index is 0.148. The Morgan fingerprint density at radius 2 is 2.04 bits per heavy atom. The van der Waals surface area contributed by atoms with Crippen LogP contribution in [0.5, 0.6) is 0 Å². The maximum Gasteiger partial charge on any atom is 0.323 e. The maximum absolute atomic E-state index is 12.0. The van der Waals surface area contributed by atoms with E-state index < -0.39 is 0 Å². The van der Waals surface area contributed by atoms with Gasteiger partial charge in [-0.05, 0) is 37.1 Å². The molecule has 120 valence electrons. The van der Waals surface area contributed by atoms with Crippen molar-refractivity contribution in [3.63, 3.8) is 0 Å². The Bertz CT molecular complexity index is 753. The molecular formula is C16H19N5O2. The third-order valence-electron chi connectivity index (χ3n) is 3.82. The molecule has 1 aromatic heterocycles. The van der Waals surface area contributed by atoms with Crippen LogP contribution >= 0.6 is 0 Å². The third kappa shape index (κ3) is 3.18. The fourth-order valence-electron chi connectivity index (χ4n) is 2.76. The second kappa shape index (κ2) is 6.12. The largest absolute Gasteiger partial charge is 0.323 e. The number of carbonyl (C=O) groups is 2. The van der Waals surface area contributed by atoms with Gasteiger partial charge in [-0.3, -0.25) is 9.48 Å². The van der Waals surface area contributed by atoms with Gasteiger partial charge in [0.05, 0.1) is 11.9 Å². The van der Waals surface area contributed by atoms with E-state index in [2.05, 4.69) is 15.7 Å². The van der Waals surface area contributed by atoms with Crippen LogP contribution in [0, 0.1) is 0 Å². The third-order valence-corrected chi connectivity index (χ3v) is 3.82. The van der Waals surface area contributed by atoms with Crippen LogP contribution in [0.25, 0.3) is 0 Å². The van der Waals surface area contributed by atoms with Crippen LogP contribution in [-0.4, -0.2) is 28.3 Å². The van der Waals surface area contributed by atoms with Crippen molar-refractivity contribution < 1.29 is 9.59 Å². The molecule has 3 rings (SSSR count). The first-order valence-corrected chi connectivity index (χ1v) is 7.56. The number of aryl methyl sites for hydroxylation is 2. The topological polar surface area (TPSA) is 79.3 Å². The zero-order valence-corrected chi connectivity index (χ0v) is 13.2. The van der Waals surface area contributed by atoms with Crippen molar-refractivity contribution in [2.24, 2.45) is 7.05 Å². The smallest absolute Gasteiger partial charge is 0.312 e. The van der Waals surface area contributed by atoms with Crippen molar-refractivity contribution >= 4 is 29.0 Å². The van der Waals surface area contributed by atoms with Gasteiger partial charge < -0.3 is 15.5 Å². The van der Waals surface area contributed by atoms with Gasteiger partial charge in [0, 0.05) is 37.6 Å². The van der Waals surface area contributed by atoms with Crippen LogP contribution in [0.3, 0.4) is 0 Å². The number of amides is 3. The summed E-state index contributed by atoms with van der Waals surface area (Å²) in [4.78, 5) is 25.7. The number of aromatic nitrogens is 2. The molecule has 0 saturated heterocycles. The van der Waals surface area contributed by atoms with Crippen molar-refractivity contribution in [2.45, 2.75) is 19.8 Å². The molecule has 0 bridgehead atoms. The van der Waals surface area contributed by atoms with E-state index in [1.807, 2.05) is 25.1 Å². The van der Waals surface area contributed by atoms with E-state index in [-0.39, 0.29) is 11.9 Å². The first-order valence-electron chi connectivity index (χ1n) is 7.56. The Morgan fingerprint density at radius 1 is 1.26 bits per heavy atom. The summed E-state index contributed by atoms with van der Waals surface area (Å²) in [6.07, 6.45) is 4.50. The number of urea groups is 1. The minimum atomic E-state index is -0.322. The summed E-state index contributed by atoms with van der Waals surface area (Å²) in [5.41, 5.74) is 3.34. The van der Waals surface area contributed by atoms with Gasteiger partial charge in [0.2, 0.25) is 5.91 Å². The molecule has 0 unspecified atom stereocenters. The van der Waals surface area contributed by atoms with E-state index in [0.29, 0.717) is 30.8 Å². The molecule has 0 saturated carbocycles. The second-order valence-electron chi connectivity index (χ2n) is 5.46. The molecule has 0 fully saturated rings. The molecule has 3 amide bonds. The Kier molecular flexibility index (Phi) is 4.01. The standard InChI is InChI=1S/C16H19N5O2/c1-3-21-14-6-5-12(8-11(14)4-7-15(21)22)18-16(23)19-13-9-17-20(2)10-13/h5-6,8-10H,3-4,7H2,1-2H3,(H2,18,19,23). The zero-order chi connectivity index (χ0) is 16.4. The minimum Gasteiger partial charge on any atom is -0.312 e. The monoisotopic (exact) mass is 313 g/mol. The summed E-state index contributed by atoms with van der Waals surface area (Å²) < 4.78 is 1.62. The van der Waals surface area contributed by atoms with E-state index in [0.717, 1.165) is 11.3 Å². The Balaban J connectivity index is 1.72. The molecule has 2 aromatic rings. The average Bonchev–Trinajstić information content (AvgIpc) is 2.92. The number of nitrogens with zero attached hydrogens (tertiary/aromatic N) is 3. The molecule has 2 N–H and O–H groups in total. The molecule has 7 heteroatoms. The van der Waals surface area contributed by atoms with Gasteiger partial charge in [-0.15, -0.1) is 0 Å². The Morgan fingerprint density at radius 3 is 2.74 bits per heavy atom. The van der Waals surface area contributed by atoms with Gasteiger partial charge in [-0.25, -0.2) is 4.79 Å². The number of fused-ring (bicyclic) bond motifs is 1.